The van der Waals surface area contributed by atoms with Crippen LogP contribution in [0.4, 0.5) is 0 Å². The first kappa shape index (κ1) is 14.2. The van der Waals surface area contributed by atoms with E-state index in [1.807, 2.05) is 12.3 Å². The van der Waals surface area contributed by atoms with Crippen LogP contribution in [0.3, 0.4) is 0 Å². The predicted octanol–water partition coefficient (Wildman–Crippen LogP) is 3.05. The maximum Gasteiger partial charge on any atom is 0.139 e. The van der Waals surface area contributed by atoms with Gasteiger partial charge in [-0.1, -0.05) is 0 Å². The fraction of sp³-hybridized carbons (Fsp3) is 0.471. The number of aromatic amines is 1. The molecular weight excluding hydrogens is 290 g/mol. The van der Waals surface area contributed by atoms with Crippen molar-refractivity contribution in [2.75, 3.05) is 0 Å². The van der Waals surface area contributed by atoms with E-state index in [2.05, 4.69) is 25.6 Å². The van der Waals surface area contributed by atoms with Gasteiger partial charge in [0.15, 0.2) is 0 Å². The molecule has 1 aliphatic rings. The standard InChI is InChI=1S/C17H19N5O/c18-7-5-11-1-3-12(4-2-11)22-15(10-23)21-14-9-20-17-13(16(14)22)6-8-19-17/h6,8-9,11-12,23H,1-5,10H2,(H,19,20)/t11-,12-. The van der Waals surface area contributed by atoms with Crippen molar-refractivity contribution in [3.8, 4) is 6.07 Å². The molecule has 3 aromatic rings. The van der Waals surface area contributed by atoms with E-state index in [0.717, 1.165) is 47.8 Å². The second-order valence-corrected chi connectivity index (χ2v) is 6.32. The number of H-pyrrole nitrogens is 1. The van der Waals surface area contributed by atoms with Gasteiger partial charge in [-0.3, -0.25) is 0 Å². The molecule has 0 aromatic carbocycles. The zero-order valence-corrected chi connectivity index (χ0v) is 12.9. The maximum atomic E-state index is 9.75. The number of pyridine rings is 1. The summed E-state index contributed by atoms with van der Waals surface area (Å²) in [7, 11) is 0. The molecule has 1 fully saturated rings. The molecule has 0 spiro atoms. The van der Waals surface area contributed by atoms with E-state index in [1.165, 1.54) is 0 Å². The monoisotopic (exact) mass is 309 g/mol. The number of hydrogen-bond donors (Lipinski definition) is 2. The third-order valence-electron chi connectivity index (χ3n) is 5.01. The van der Waals surface area contributed by atoms with Crippen LogP contribution in [0.15, 0.2) is 18.5 Å². The van der Waals surface area contributed by atoms with E-state index < -0.39 is 0 Å². The molecule has 4 rings (SSSR count). The molecule has 118 valence electrons. The van der Waals surface area contributed by atoms with Crippen LogP contribution in [0.2, 0.25) is 0 Å². The molecule has 1 saturated carbocycles. The van der Waals surface area contributed by atoms with Crippen LogP contribution < -0.4 is 0 Å². The Balaban J connectivity index is 1.79. The molecule has 3 heterocycles. The van der Waals surface area contributed by atoms with E-state index in [9.17, 15) is 5.11 Å². The van der Waals surface area contributed by atoms with E-state index in [1.54, 1.807) is 6.20 Å². The van der Waals surface area contributed by atoms with Gasteiger partial charge in [-0.2, -0.15) is 5.26 Å². The first-order valence-electron chi connectivity index (χ1n) is 8.12. The Bertz CT molecular complexity index is 880. The lowest BCUT2D eigenvalue weighted by Gasteiger charge is -2.29. The quantitative estimate of drug-likeness (QED) is 0.778. The summed E-state index contributed by atoms with van der Waals surface area (Å²) in [6.45, 7) is -0.0707. The third kappa shape index (κ3) is 2.28. The van der Waals surface area contributed by atoms with Gasteiger partial charge in [0.25, 0.3) is 0 Å². The molecule has 6 nitrogen and oxygen atoms in total. The molecule has 6 heteroatoms. The predicted molar refractivity (Wildman–Crippen MR) is 86.5 cm³/mol. The van der Waals surface area contributed by atoms with E-state index >= 15 is 0 Å². The van der Waals surface area contributed by atoms with Gasteiger partial charge in [-0.15, -0.1) is 0 Å². The molecule has 1 aliphatic carbocycles. The first-order chi connectivity index (χ1) is 11.3. The van der Waals surface area contributed by atoms with Gasteiger partial charge in [0, 0.05) is 24.0 Å². The number of nitriles is 1. The number of imidazole rings is 1. The molecular formula is C17H19N5O. The highest BCUT2D eigenvalue weighted by atomic mass is 16.3. The van der Waals surface area contributed by atoms with Crippen LogP contribution in [-0.4, -0.2) is 24.6 Å². The number of hydrogen-bond acceptors (Lipinski definition) is 4. The SMILES string of the molecule is N#CC[C@H]1CC[C@H](n2c(CO)nc3cnc4[nH]ccc4c32)CC1. The van der Waals surface area contributed by atoms with Crippen LogP contribution in [0.25, 0.3) is 22.1 Å². The van der Waals surface area contributed by atoms with E-state index in [-0.39, 0.29) is 6.61 Å². The number of aliphatic hydroxyl groups excluding tert-OH is 1. The molecule has 2 N–H and O–H groups in total. The van der Waals surface area contributed by atoms with E-state index in [0.29, 0.717) is 24.2 Å². The summed E-state index contributed by atoms with van der Waals surface area (Å²) in [6.07, 6.45) is 8.48. The molecule has 0 unspecified atom stereocenters. The molecule has 0 radical (unpaired) electrons. The normalized spacial score (nSPS) is 21.7. The Kier molecular flexibility index (Phi) is 3.50. The summed E-state index contributed by atoms with van der Waals surface area (Å²) in [5.41, 5.74) is 2.74. The molecule has 23 heavy (non-hydrogen) atoms. The van der Waals surface area contributed by atoms with Gasteiger partial charge in [0.1, 0.15) is 23.6 Å². The highest BCUT2D eigenvalue weighted by molar-refractivity contribution is 6.01. The van der Waals surface area contributed by atoms with Crippen molar-refractivity contribution in [3.05, 3.63) is 24.3 Å². The summed E-state index contributed by atoms with van der Waals surface area (Å²) < 4.78 is 2.20. The second-order valence-electron chi connectivity index (χ2n) is 6.32. The van der Waals surface area contributed by atoms with Gasteiger partial charge < -0.3 is 14.7 Å². The van der Waals surface area contributed by atoms with Gasteiger partial charge in [-0.25, -0.2) is 9.97 Å². The molecule has 0 aliphatic heterocycles. The smallest absolute Gasteiger partial charge is 0.139 e. The summed E-state index contributed by atoms with van der Waals surface area (Å²) in [5, 5.41) is 19.7. The fourth-order valence-corrected chi connectivity index (χ4v) is 3.88. The highest BCUT2D eigenvalue weighted by Crippen LogP contribution is 2.37. The minimum absolute atomic E-state index is 0.0707. The van der Waals surface area contributed by atoms with Crippen LogP contribution in [0.1, 0.15) is 44.0 Å². The van der Waals surface area contributed by atoms with Gasteiger partial charge in [0.05, 0.1) is 17.8 Å². The van der Waals surface area contributed by atoms with Crippen molar-refractivity contribution in [3.63, 3.8) is 0 Å². The van der Waals surface area contributed by atoms with Gasteiger partial charge in [0.2, 0.25) is 0 Å². The summed E-state index contributed by atoms with van der Waals surface area (Å²) >= 11 is 0. The minimum atomic E-state index is -0.0707. The average Bonchev–Trinajstić information content (AvgIpc) is 3.19. The zero-order valence-electron chi connectivity index (χ0n) is 12.9. The Morgan fingerprint density at radius 2 is 2.17 bits per heavy atom. The number of rotatable bonds is 3. The Morgan fingerprint density at radius 1 is 1.35 bits per heavy atom. The Hall–Kier alpha value is -2.39. The maximum absolute atomic E-state index is 9.75. The molecule has 0 saturated heterocycles. The minimum Gasteiger partial charge on any atom is -0.388 e. The van der Waals surface area contributed by atoms with Crippen molar-refractivity contribution >= 4 is 22.1 Å². The number of aromatic nitrogens is 4. The molecule has 0 atom stereocenters. The van der Waals surface area contributed by atoms with Crippen LogP contribution in [0, 0.1) is 17.2 Å². The average molecular weight is 309 g/mol. The van der Waals surface area contributed by atoms with E-state index in [4.69, 9.17) is 5.26 Å². The van der Waals surface area contributed by atoms with Crippen LogP contribution in [-0.2, 0) is 6.61 Å². The lowest BCUT2D eigenvalue weighted by atomic mass is 9.84. The fourth-order valence-electron chi connectivity index (χ4n) is 3.88. The third-order valence-corrected chi connectivity index (χ3v) is 5.01. The number of aliphatic hydroxyl groups is 1. The first-order valence-corrected chi connectivity index (χ1v) is 8.12. The van der Waals surface area contributed by atoms with Crippen molar-refractivity contribution in [1.29, 1.82) is 5.26 Å². The topological polar surface area (TPSA) is 90.5 Å². The summed E-state index contributed by atoms with van der Waals surface area (Å²) in [6, 6.07) is 4.64. The largest absolute Gasteiger partial charge is 0.388 e. The molecule has 0 amide bonds. The Labute approximate surface area is 133 Å². The van der Waals surface area contributed by atoms with Gasteiger partial charge in [-0.05, 0) is 37.7 Å². The Morgan fingerprint density at radius 3 is 2.91 bits per heavy atom. The second kappa shape index (κ2) is 5.67. The number of fused-ring (bicyclic) bond motifs is 3. The van der Waals surface area contributed by atoms with Crippen molar-refractivity contribution < 1.29 is 5.11 Å². The number of nitrogens with zero attached hydrogens (tertiary/aromatic N) is 4. The van der Waals surface area contributed by atoms with Crippen LogP contribution >= 0.6 is 0 Å². The van der Waals surface area contributed by atoms with Crippen molar-refractivity contribution in [1.82, 2.24) is 19.5 Å². The lowest BCUT2D eigenvalue weighted by Crippen LogP contribution is -2.20. The highest BCUT2D eigenvalue weighted by Gasteiger charge is 2.26. The van der Waals surface area contributed by atoms with Crippen molar-refractivity contribution in [2.45, 2.75) is 44.8 Å². The molecule has 0 bridgehead atoms. The zero-order chi connectivity index (χ0) is 15.8. The van der Waals surface area contributed by atoms with Gasteiger partial charge >= 0.3 is 0 Å². The van der Waals surface area contributed by atoms with Crippen molar-refractivity contribution in [2.24, 2.45) is 5.92 Å². The van der Waals surface area contributed by atoms with Crippen LogP contribution in [0.5, 0.6) is 0 Å². The summed E-state index contributed by atoms with van der Waals surface area (Å²) in [5.74, 6) is 1.22. The number of nitrogens with one attached hydrogen (secondary N) is 1. The summed E-state index contributed by atoms with van der Waals surface area (Å²) in [4.78, 5) is 12.1. The molecule has 3 aromatic heterocycles. The lowest BCUT2D eigenvalue weighted by molar-refractivity contribution is 0.239.